The molecule has 0 bridgehead atoms. The van der Waals surface area contributed by atoms with Crippen LogP contribution in [0.5, 0.6) is 5.75 Å². The Morgan fingerprint density at radius 3 is 2.74 bits per heavy atom. The van der Waals surface area contributed by atoms with Crippen LogP contribution in [0.4, 0.5) is 5.00 Å². The number of nitrogens with one attached hydrogen (secondary N) is 2. The van der Waals surface area contributed by atoms with Crippen LogP contribution in [0.1, 0.15) is 45.9 Å². The molecule has 0 saturated heterocycles. The maximum absolute atomic E-state index is 12.6. The third kappa shape index (κ3) is 2.49. The van der Waals surface area contributed by atoms with Crippen molar-refractivity contribution in [1.82, 2.24) is 5.32 Å². The van der Waals surface area contributed by atoms with Gasteiger partial charge in [-0.15, -0.1) is 11.3 Å². The van der Waals surface area contributed by atoms with Crippen LogP contribution in [0.2, 0.25) is 0 Å². The maximum atomic E-state index is 12.6. The predicted molar refractivity (Wildman–Crippen MR) is 92.3 cm³/mol. The van der Waals surface area contributed by atoms with Gasteiger partial charge >= 0.3 is 0 Å². The van der Waals surface area contributed by atoms with Gasteiger partial charge in [-0.3, -0.25) is 4.79 Å². The normalized spacial score (nSPS) is 22.6. The highest BCUT2D eigenvalue weighted by Gasteiger charge is 2.32. The summed E-state index contributed by atoms with van der Waals surface area (Å²) in [5.41, 5.74) is 3.17. The number of ether oxygens (including phenoxy) is 1. The highest BCUT2D eigenvalue weighted by Crippen LogP contribution is 2.42. The van der Waals surface area contributed by atoms with Gasteiger partial charge in [-0.05, 0) is 48.4 Å². The lowest BCUT2D eigenvalue weighted by Crippen LogP contribution is -2.38. The number of hydrogen-bond donors (Lipinski definition) is 2. The molecule has 1 amide bonds. The van der Waals surface area contributed by atoms with Crippen molar-refractivity contribution in [2.45, 2.75) is 32.4 Å². The first-order chi connectivity index (χ1) is 11.2. The van der Waals surface area contributed by atoms with Crippen molar-refractivity contribution < 1.29 is 9.53 Å². The number of fused-ring (bicyclic) bond motifs is 3. The molecule has 120 valence electrons. The second-order valence-electron chi connectivity index (χ2n) is 6.38. The molecule has 1 aromatic heterocycles. The van der Waals surface area contributed by atoms with Gasteiger partial charge in [0.2, 0.25) is 0 Å². The minimum Gasteiger partial charge on any atom is -0.497 e. The molecule has 0 saturated carbocycles. The molecule has 23 heavy (non-hydrogen) atoms. The van der Waals surface area contributed by atoms with Gasteiger partial charge in [0.15, 0.2) is 0 Å². The van der Waals surface area contributed by atoms with E-state index in [2.05, 4.69) is 17.6 Å². The molecule has 2 aromatic rings. The van der Waals surface area contributed by atoms with Crippen molar-refractivity contribution in [2.24, 2.45) is 5.92 Å². The third-order valence-electron chi connectivity index (χ3n) is 4.74. The van der Waals surface area contributed by atoms with E-state index in [0.717, 1.165) is 34.7 Å². The van der Waals surface area contributed by atoms with E-state index in [4.69, 9.17) is 4.74 Å². The van der Waals surface area contributed by atoms with E-state index in [1.54, 1.807) is 18.4 Å². The zero-order valence-electron chi connectivity index (χ0n) is 13.3. The van der Waals surface area contributed by atoms with E-state index < -0.39 is 0 Å². The van der Waals surface area contributed by atoms with Crippen LogP contribution < -0.4 is 15.4 Å². The first-order valence-electron chi connectivity index (χ1n) is 8.01. The Hall–Kier alpha value is -2.01. The smallest absolute Gasteiger partial charge is 0.256 e. The number of thiophene rings is 1. The van der Waals surface area contributed by atoms with Crippen molar-refractivity contribution in [3.63, 3.8) is 0 Å². The number of anilines is 1. The second kappa shape index (κ2) is 5.57. The molecule has 0 unspecified atom stereocenters. The minimum atomic E-state index is -0.182. The minimum absolute atomic E-state index is 0.0478. The lowest BCUT2D eigenvalue weighted by atomic mass is 9.88. The summed E-state index contributed by atoms with van der Waals surface area (Å²) in [5.74, 6) is 1.58. The van der Waals surface area contributed by atoms with Gasteiger partial charge in [0.25, 0.3) is 5.91 Å². The average Bonchev–Trinajstić information content (AvgIpc) is 2.92. The molecule has 1 aliphatic heterocycles. The average molecular weight is 328 g/mol. The number of amides is 1. The van der Waals surface area contributed by atoms with E-state index in [-0.39, 0.29) is 12.1 Å². The van der Waals surface area contributed by atoms with Crippen LogP contribution in [-0.4, -0.2) is 13.0 Å². The standard InChI is InChI=1S/C18H20N2O2S/c1-10-3-8-13-14(9-10)23-18-15(13)17(21)19-16(20-18)11-4-6-12(22-2)7-5-11/h4-7,10,16,20H,3,8-9H2,1-2H3,(H,19,21)/t10-,16-/m1/s1. The third-order valence-corrected chi connectivity index (χ3v) is 5.92. The summed E-state index contributed by atoms with van der Waals surface area (Å²) >= 11 is 1.75. The van der Waals surface area contributed by atoms with Crippen LogP contribution in [0, 0.1) is 5.92 Å². The molecular formula is C18H20N2O2S. The van der Waals surface area contributed by atoms with E-state index in [1.807, 2.05) is 24.3 Å². The first-order valence-corrected chi connectivity index (χ1v) is 8.83. The van der Waals surface area contributed by atoms with E-state index in [9.17, 15) is 4.79 Å². The number of hydrogen-bond acceptors (Lipinski definition) is 4. The summed E-state index contributed by atoms with van der Waals surface area (Å²) in [4.78, 5) is 14.0. The first kappa shape index (κ1) is 14.6. The summed E-state index contributed by atoms with van der Waals surface area (Å²) in [6.07, 6.45) is 3.10. The number of carbonyl (C=O) groups is 1. The van der Waals surface area contributed by atoms with Crippen LogP contribution in [-0.2, 0) is 12.8 Å². The highest BCUT2D eigenvalue weighted by atomic mass is 32.1. The molecule has 1 aliphatic carbocycles. The van der Waals surface area contributed by atoms with Gasteiger partial charge in [-0.25, -0.2) is 0 Å². The van der Waals surface area contributed by atoms with Crippen molar-refractivity contribution >= 4 is 22.2 Å². The van der Waals surface area contributed by atoms with Crippen LogP contribution in [0.15, 0.2) is 24.3 Å². The molecule has 4 rings (SSSR count). The number of carbonyl (C=O) groups excluding carboxylic acids is 1. The summed E-state index contributed by atoms with van der Waals surface area (Å²) in [7, 11) is 1.65. The molecule has 2 aliphatic rings. The number of methoxy groups -OCH3 is 1. The van der Waals surface area contributed by atoms with Crippen molar-refractivity contribution in [1.29, 1.82) is 0 Å². The van der Waals surface area contributed by atoms with E-state index in [1.165, 1.54) is 16.9 Å². The Bertz CT molecular complexity index is 751. The topological polar surface area (TPSA) is 50.4 Å². The van der Waals surface area contributed by atoms with Gasteiger partial charge < -0.3 is 15.4 Å². The molecule has 1 aromatic carbocycles. The van der Waals surface area contributed by atoms with Crippen LogP contribution in [0.25, 0.3) is 0 Å². The molecule has 4 nitrogen and oxygen atoms in total. The van der Waals surface area contributed by atoms with Crippen molar-refractivity contribution in [3.8, 4) is 5.75 Å². The summed E-state index contributed by atoms with van der Waals surface area (Å²) < 4.78 is 5.19. The van der Waals surface area contributed by atoms with E-state index in [0.29, 0.717) is 5.92 Å². The fourth-order valence-electron chi connectivity index (χ4n) is 3.43. The van der Waals surface area contributed by atoms with Gasteiger partial charge in [-0.1, -0.05) is 19.1 Å². The zero-order valence-corrected chi connectivity index (χ0v) is 14.1. The number of benzene rings is 1. The van der Waals surface area contributed by atoms with Crippen molar-refractivity contribution in [3.05, 3.63) is 45.8 Å². The van der Waals surface area contributed by atoms with E-state index >= 15 is 0 Å². The lowest BCUT2D eigenvalue weighted by molar-refractivity contribution is 0.0935. The molecule has 2 N–H and O–H groups in total. The van der Waals surface area contributed by atoms with Crippen molar-refractivity contribution in [2.75, 3.05) is 12.4 Å². The maximum Gasteiger partial charge on any atom is 0.256 e. The van der Waals surface area contributed by atoms with Gasteiger partial charge in [0, 0.05) is 4.88 Å². The Labute approximate surface area is 139 Å². The molecule has 0 spiro atoms. The summed E-state index contributed by atoms with van der Waals surface area (Å²) in [5, 5.41) is 7.61. The number of rotatable bonds is 2. The van der Waals surface area contributed by atoms with Crippen LogP contribution >= 0.6 is 11.3 Å². The fraction of sp³-hybridized carbons (Fsp3) is 0.389. The molecule has 2 atom stereocenters. The molecule has 0 radical (unpaired) electrons. The zero-order chi connectivity index (χ0) is 16.0. The molecule has 5 heteroatoms. The Morgan fingerprint density at radius 2 is 2.00 bits per heavy atom. The molecule has 2 heterocycles. The predicted octanol–water partition coefficient (Wildman–Crippen LogP) is 3.74. The second-order valence-corrected chi connectivity index (χ2v) is 7.49. The highest BCUT2D eigenvalue weighted by molar-refractivity contribution is 7.16. The molecule has 0 fully saturated rings. The SMILES string of the molecule is COc1ccc([C@@H]2NC(=O)c3c(sc4c3CC[C@@H](C)C4)N2)cc1. The Balaban J connectivity index is 1.65. The summed E-state index contributed by atoms with van der Waals surface area (Å²) in [6.45, 7) is 2.29. The quantitative estimate of drug-likeness (QED) is 0.883. The van der Waals surface area contributed by atoms with Gasteiger partial charge in [0.1, 0.15) is 16.9 Å². The van der Waals surface area contributed by atoms with Crippen LogP contribution in [0.3, 0.4) is 0 Å². The van der Waals surface area contributed by atoms with Gasteiger partial charge in [-0.2, -0.15) is 0 Å². The fourth-order valence-corrected chi connectivity index (χ4v) is 4.86. The Kier molecular flexibility index (Phi) is 3.53. The monoisotopic (exact) mass is 328 g/mol. The largest absolute Gasteiger partial charge is 0.497 e. The Morgan fingerprint density at radius 1 is 1.22 bits per heavy atom. The summed E-state index contributed by atoms with van der Waals surface area (Å²) in [6, 6.07) is 7.80. The lowest BCUT2D eigenvalue weighted by Gasteiger charge is -2.27. The molecular weight excluding hydrogens is 308 g/mol. The van der Waals surface area contributed by atoms with Gasteiger partial charge in [0.05, 0.1) is 12.7 Å².